The summed E-state index contributed by atoms with van der Waals surface area (Å²) in [5.41, 5.74) is -0.650. The Labute approximate surface area is 118 Å². The molecule has 1 rings (SSSR count). The summed E-state index contributed by atoms with van der Waals surface area (Å²) in [6.07, 6.45) is 3.37. The highest BCUT2D eigenvalue weighted by atomic mass is 16.6. The molecule has 0 unspecified atom stereocenters. The largest absolute Gasteiger partial charge is 0.442 e. The molecular weight excluding hydrogens is 260 g/mol. The van der Waals surface area contributed by atoms with Gasteiger partial charge in [0.25, 0.3) is 0 Å². The first-order valence-electron chi connectivity index (χ1n) is 6.43. The second-order valence-electron chi connectivity index (χ2n) is 5.16. The third-order valence-electron chi connectivity index (χ3n) is 2.04. The Morgan fingerprint density at radius 3 is 2.60 bits per heavy atom. The van der Waals surface area contributed by atoms with Gasteiger partial charge in [0.15, 0.2) is 0 Å². The summed E-state index contributed by atoms with van der Waals surface area (Å²) in [5.74, 6) is -0.201. The van der Waals surface area contributed by atoms with E-state index in [9.17, 15) is 9.59 Å². The van der Waals surface area contributed by atoms with Crippen LogP contribution in [0.2, 0.25) is 0 Å². The molecule has 0 aliphatic heterocycles. The molecule has 7 heteroatoms. The van der Waals surface area contributed by atoms with Crippen LogP contribution in [0.15, 0.2) is 23.5 Å². The molecular formula is C13H20N4O3. The van der Waals surface area contributed by atoms with Crippen molar-refractivity contribution in [1.29, 1.82) is 0 Å². The predicted octanol–water partition coefficient (Wildman–Crippen LogP) is 1.94. The Morgan fingerprint density at radius 1 is 1.40 bits per heavy atom. The molecule has 110 valence electrons. The van der Waals surface area contributed by atoms with Crippen LogP contribution in [0.25, 0.3) is 0 Å². The number of ether oxygens (including phenoxy) is 1. The van der Waals surface area contributed by atoms with E-state index in [0.29, 0.717) is 12.8 Å². The Balaban J connectivity index is 2.88. The van der Waals surface area contributed by atoms with Crippen LogP contribution in [0.3, 0.4) is 0 Å². The first kappa shape index (κ1) is 15.9. The van der Waals surface area contributed by atoms with Crippen LogP contribution in [0.5, 0.6) is 0 Å². The van der Waals surface area contributed by atoms with E-state index in [0.717, 1.165) is 0 Å². The fraction of sp³-hybridized carbons (Fsp3) is 0.538. The summed E-state index contributed by atoms with van der Waals surface area (Å²) in [7, 11) is 0. The number of aromatic nitrogens is 2. The van der Waals surface area contributed by atoms with Gasteiger partial charge in [-0.15, -0.1) is 4.99 Å². The van der Waals surface area contributed by atoms with E-state index in [4.69, 9.17) is 4.74 Å². The molecule has 20 heavy (non-hydrogen) atoms. The second-order valence-corrected chi connectivity index (χ2v) is 5.16. The first-order chi connectivity index (χ1) is 9.31. The molecule has 1 aromatic heterocycles. The molecule has 1 aromatic rings. The topological polar surface area (TPSA) is 85.6 Å². The quantitative estimate of drug-likeness (QED) is 0.662. The van der Waals surface area contributed by atoms with E-state index in [2.05, 4.69) is 15.4 Å². The van der Waals surface area contributed by atoms with E-state index < -0.39 is 11.7 Å². The van der Waals surface area contributed by atoms with Crippen molar-refractivity contribution < 1.29 is 14.3 Å². The standard InChI is InChI=1S/C13H20N4O3/c1-5-7-10(18)15-11(17-9-6-8-14-17)16-12(19)20-13(2,3)4/h6,8-9H,5,7H2,1-4H3,(H,15,16,18,19). The molecule has 0 spiro atoms. The first-order valence-corrected chi connectivity index (χ1v) is 6.43. The number of hydrogen-bond acceptors (Lipinski definition) is 4. The minimum Gasteiger partial charge on any atom is -0.442 e. The summed E-state index contributed by atoms with van der Waals surface area (Å²) < 4.78 is 6.39. The maximum Gasteiger partial charge on any atom is 0.437 e. The minimum absolute atomic E-state index is 0.0303. The molecule has 2 amide bonds. The van der Waals surface area contributed by atoms with Gasteiger partial charge in [-0.25, -0.2) is 9.48 Å². The summed E-state index contributed by atoms with van der Waals surface area (Å²) >= 11 is 0. The molecule has 0 saturated carbocycles. The van der Waals surface area contributed by atoms with Crippen molar-refractivity contribution in [3.63, 3.8) is 0 Å². The average molecular weight is 280 g/mol. The number of carbonyl (C=O) groups excluding carboxylic acids is 2. The average Bonchev–Trinajstić information content (AvgIpc) is 2.78. The highest BCUT2D eigenvalue weighted by Gasteiger charge is 2.17. The normalized spacial score (nSPS) is 12.1. The van der Waals surface area contributed by atoms with Gasteiger partial charge in [-0.05, 0) is 33.3 Å². The van der Waals surface area contributed by atoms with Crippen molar-refractivity contribution in [2.75, 3.05) is 0 Å². The highest BCUT2D eigenvalue weighted by Crippen LogP contribution is 2.08. The molecule has 0 saturated heterocycles. The van der Waals surface area contributed by atoms with Crippen molar-refractivity contribution in [2.24, 2.45) is 4.99 Å². The lowest BCUT2D eigenvalue weighted by Crippen LogP contribution is -2.37. The van der Waals surface area contributed by atoms with Gasteiger partial charge in [0.1, 0.15) is 5.60 Å². The molecule has 7 nitrogen and oxygen atoms in total. The Bertz CT molecular complexity index is 486. The lowest BCUT2D eigenvalue weighted by Gasteiger charge is -2.17. The van der Waals surface area contributed by atoms with Gasteiger partial charge in [0, 0.05) is 18.8 Å². The van der Waals surface area contributed by atoms with Crippen molar-refractivity contribution >= 4 is 18.0 Å². The minimum atomic E-state index is -0.778. The molecule has 0 bridgehead atoms. The van der Waals surface area contributed by atoms with Crippen LogP contribution in [0, 0.1) is 0 Å². The third kappa shape index (κ3) is 5.64. The zero-order valence-electron chi connectivity index (χ0n) is 12.2. The van der Waals surface area contributed by atoms with Crippen LogP contribution >= 0.6 is 0 Å². The van der Waals surface area contributed by atoms with E-state index >= 15 is 0 Å². The van der Waals surface area contributed by atoms with Gasteiger partial charge in [-0.1, -0.05) is 6.92 Å². The maximum atomic E-state index is 11.7. The number of carbonyl (C=O) groups is 2. The molecule has 0 aliphatic rings. The van der Waals surface area contributed by atoms with E-state index in [1.807, 2.05) is 6.92 Å². The van der Waals surface area contributed by atoms with Gasteiger partial charge < -0.3 is 4.74 Å². The summed E-state index contributed by atoms with van der Waals surface area (Å²) in [6, 6.07) is 1.66. The SMILES string of the molecule is CCCC(=O)NC(=NC(=O)OC(C)(C)C)n1cccn1. The molecule has 0 aromatic carbocycles. The lowest BCUT2D eigenvalue weighted by atomic mass is 10.2. The second kappa shape index (κ2) is 6.83. The molecule has 0 aliphatic carbocycles. The van der Waals surface area contributed by atoms with Crippen LogP contribution in [-0.4, -0.2) is 33.3 Å². The lowest BCUT2D eigenvalue weighted by molar-refractivity contribution is -0.119. The van der Waals surface area contributed by atoms with Gasteiger partial charge >= 0.3 is 6.09 Å². The zero-order valence-corrected chi connectivity index (χ0v) is 12.2. The highest BCUT2D eigenvalue weighted by molar-refractivity contribution is 6.01. The number of hydrogen-bond donors (Lipinski definition) is 1. The molecule has 0 radical (unpaired) electrons. The molecule has 1 N–H and O–H groups in total. The van der Waals surface area contributed by atoms with Gasteiger partial charge in [0.05, 0.1) is 0 Å². The van der Waals surface area contributed by atoms with Crippen molar-refractivity contribution in [1.82, 2.24) is 15.1 Å². The van der Waals surface area contributed by atoms with Crippen molar-refractivity contribution in [2.45, 2.75) is 46.1 Å². The Hall–Kier alpha value is -2.18. The fourth-order valence-electron chi connectivity index (χ4n) is 1.32. The number of rotatable bonds is 2. The number of amides is 2. The van der Waals surface area contributed by atoms with E-state index in [1.54, 1.807) is 33.0 Å². The van der Waals surface area contributed by atoms with E-state index in [1.165, 1.54) is 10.9 Å². The molecule has 0 fully saturated rings. The van der Waals surface area contributed by atoms with Gasteiger partial charge in [-0.3, -0.25) is 10.1 Å². The number of nitrogens with one attached hydrogen (secondary N) is 1. The summed E-state index contributed by atoms with van der Waals surface area (Å²) in [6.45, 7) is 7.11. The summed E-state index contributed by atoms with van der Waals surface area (Å²) in [5, 5.41) is 6.49. The monoisotopic (exact) mass is 280 g/mol. The van der Waals surface area contributed by atoms with Crippen LogP contribution in [0.4, 0.5) is 4.79 Å². The van der Waals surface area contributed by atoms with Crippen LogP contribution in [0.1, 0.15) is 40.5 Å². The Kier molecular flexibility index (Phi) is 5.42. The van der Waals surface area contributed by atoms with Crippen LogP contribution < -0.4 is 5.32 Å². The number of nitrogens with zero attached hydrogens (tertiary/aromatic N) is 3. The van der Waals surface area contributed by atoms with Crippen molar-refractivity contribution in [3.8, 4) is 0 Å². The van der Waals surface area contributed by atoms with Gasteiger partial charge in [0.2, 0.25) is 11.9 Å². The summed E-state index contributed by atoms with van der Waals surface area (Å²) in [4.78, 5) is 27.1. The van der Waals surface area contributed by atoms with Gasteiger partial charge in [-0.2, -0.15) is 5.10 Å². The van der Waals surface area contributed by atoms with Crippen molar-refractivity contribution in [3.05, 3.63) is 18.5 Å². The smallest absolute Gasteiger partial charge is 0.437 e. The zero-order chi connectivity index (χ0) is 15.2. The fourth-order valence-corrected chi connectivity index (χ4v) is 1.32. The molecule has 1 heterocycles. The van der Waals surface area contributed by atoms with Crippen LogP contribution in [-0.2, 0) is 9.53 Å². The molecule has 0 atom stereocenters. The van der Waals surface area contributed by atoms with E-state index in [-0.39, 0.29) is 11.9 Å². The Morgan fingerprint density at radius 2 is 2.10 bits per heavy atom. The maximum absolute atomic E-state index is 11.7. The predicted molar refractivity (Wildman–Crippen MR) is 74.3 cm³/mol. The third-order valence-corrected chi connectivity index (χ3v) is 2.04. The number of aliphatic imine (C=N–C) groups is 1.